The second kappa shape index (κ2) is 9.10. The molecule has 0 saturated carbocycles. The van der Waals surface area contributed by atoms with E-state index in [2.05, 4.69) is 0 Å². The summed E-state index contributed by atoms with van der Waals surface area (Å²) in [4.78, 5) is 26.9. The number of rotatable bonds is 7. The number of thioether (sulfide) groups is 1. The molecule has 6 nitrogen and oxygen atoms in total. The lowest BCUT2D eigenvalue weighted by Gasteiger charge is -2.32. The highest BCUT2D eigenvalue weighted by molar-refractivity contribution is 7.98. The highest BCUT2D eigenvalue weighted by Crippen LogP contribution is 2.29. The molecule has 27 heavy (non-hydrogen) atoms. The molecular weight excluding hydrogens is 366 g/mol. The zero-order valence-electron chi connectivity index (χ0n) is 15.2. The summed E-state index contributed by atoms with van der Waals surface area (Å²) in [7, 11) is 1.71. The number of hydrogen-bond donors (Lipinski definition) is 1. The Morgan fingerprint density at radius 1 is 1.22 bits per heavy atom. The van der Waals surface area contributed by atoms with Gasteiger partial charge >= 0.3 is 5.97 Å². The normalized spacial score (nSPS) is 15.1. The maximum absolute atomic E-state index is 13.0. The van der Waals surface area contributed by atoms with Crippen molar-refractivity contribution in [2.75, 3.05) is 26.8 Å². The number of amides is 1. The van der Waals surface area contributed by atoms with E-state index in [0.717, 1.165) is 37.4 Å². The summed E-state index contributed by atoms with van der Waals surface area (Å²) in [6.07, 6.45) is 3.27. The van der Waals surface area contributed by atoms with Crippen LogP contribution in [0.3, 0.4) is 0 Å². The molecule has 3 rings (SSSR count). The van der Waals surface area contributed by atoms with Crippen LogP contribution in [0.1, 0.15) is 39.3 Å². The number of carbonyl (C=O) groups excluding carboxylic acids is 1. The van der Waals surface area contributed by atoms with E-state index < -0.39 is 5.97 Å². The molecule has 0 bridgehead atoms. The molecule has 1 N–H and O–H groups in total. The van der Waals surface area contributed by atoms with Crippen LogP contribution in [0.2, 0.25) is 0 Å². The molecule has 1 aliphatic rings. The highest BCUT2D eigenvalue weighted by atomic mass is 32.2. The zero-order chi connectivity index (χ0) is 19.2. The molecule has 1 amide bonds. The quantitative estimate of drug-likeness (QED) is 0.726. The molecule has 1 aromatic heterocycles. The van der Waals surface area contributed by atoms with Crippen LogP contribution in [-0.2, 0) is 10.5 Å². The second-order valence-electron chi connectivity index (χ2n) is 6.54. The molecule has 0 aliphatic carbocycles. The predicted octanol–water partition coefficient (Wildman–Crippen LogP) is 3.77. The molecule has 144 valence electrons. The largest absolute Gasteiger partial charge is 0.478 e. The summed E-state index contributed by atoms with van der Waals surface area (Å²) in [6, 6.07) is 8.89. The van der Waals surface area contributed by atoms with Gasteiger partial charge in [0.2, 0.25) is 0 Å². The van der Waals surface area contributed by atoms with Crippen molar-refractivity contribution < 1.29 is 23.8 Å². The van der Waals surface area contributed by atoms with Gasteiger partial charge in [-0.1, -0.05) is 12.1 Å². The molecule has 2 aromatic rings. The van der Waals surface area contributed by atoms with Gasteiger partial charge in [0.15, 0.2) is 0 Å². The number of piperidine rings is 1. The van der Waals surface area contributed by atoms with E-state index in [9.17, 15) is 14.7 Å². The Hall–Kier alpha value is -2.25. The van der Waals surface area contributed by atoms with E-state index in [-0.39, 0.29) is 11.5 Å². The van der Waals surface area contributed by atoms with E-state index in [1.807, 2.05) is 29.2 Å². The molecular formula is C20H23NO5S. The fourth-order valence-electron chi connectivity index (χ4n) is 3.26. The molecule has 1 aromatic carbocycles. The van der Waals surface area contributed by atoms with Crippen molar-refractivity contribution in [2.45, 2.75) is 23.5 Å². The van der Waals surface area contributed by atoms with Crippen LogP contribution in [0, 0.1) is 5.92 Å². The van der Waals surface area contributed by atoms with Gasteiger partial charge < -0.3 is 19.2 Å². The minimum atomic E-state index is -1.01. The van der Waals surface area contributed by atoms with Gasteiger partial charge in [0.25, 0.3) is 5.91 Å². The van der Waals surface area contributed by atoms with Gasteiger partial charge in [-0.2, -0.15) is 0 Å². The molecule has 2 heterocycles. The fourth-order valence-corrected chi connectivity index (χ4v) is 4.26. The summed E-state index contributed by atoms with van der Waals surface area (Å²) in [5.74, 6) is 0.274. The van der Waals surface area contributed by atoms with Crippen LogP contribution < -0.4 is 0 Å². The monoisotopic (exact) mass is 389 g/mol. The first kappa shape index (κ1) is 19.5. The third-order valence-corrected chi connectivity index (χ3v) is 5.83. The molecule has 1 saturated heterocycles. The standard InChI is InChI=1S/C20H23NO5S/c1-25-12-14-6-9-21(10-7-14)19(22)16-4-2-3-5-18(16)27-13-17-15(20(23)24)8-11-26-17/h2-5,8,11,14H,6-7,9-10,12-13H2,1H3,(H,23,24). The number of carboxylic acid groups (broad SMARTS) is 1. The number of carbonyl (C=O) groups is 2. The number of furan rings is 1. The Morgan fingerprint density at radius 2 is 1.96 bits per heavy atom. The van der Waals surface area contributed by atoms with Crippen LogP contribution in [-0.4, -0.2) is 48.7 Å². The first-order valence-corrected chi connectivity index (χ1v) is 9.88. The van der Waals surface area contributed by atoms with Gasteiger partial charge in [0, 0.05) is 31.7 Å². The lowest BCUT2D eigenvalue weighted by Crippen LogP contribution is -2.39. The van der Waals surface area contributed by atoms with E-state index in [1.54, 1.807) is 7.11 Å². The summed E-state index contributed by atoms with van der Waals surface area (Å²) in [5.41, 5.74) is 0.808. The Balaban J connectivity index is 1.68. The lowest BCUT2D eigenvalue weighted by atomic mass is 9.97. The first-order valence-electron chi connectivity index (χ1n) is 8.90. The van der Waals surface area contributed by atoms with Crippen molar-refractivity contribution in [1.82, 2.24) is 4.90 Å². The van der Waals surface area contributed by atoms with Gasteiger partial charge in [-0.25, -0.2) is 4.79 Å². The van der Waals surface area contributed by atoms with Crippen molar-refractivity contribution in [3.05, 3.63) is 53.5 Å². The molecule has 1 fully saturated rings. The van der Waals surface area contributed by atoms with Crippen LogP contribution in [0.25, 0.3) is 0 Å². The summed E-state index contributed by atoms with van der Waals surface area (Å²) >= 11 is 1.41. The molecule has 0 radical (unpaired) electrons. The molecule has 1 aliphatic heterocycles. The van der Waals surface area contributed by atoms with E-state index in [1.165, 1.54) is 24.1 Å². The average molecular weight is 389 g/mol. The first-order chi connectivity index (χ1) is 13.1. The minimum Gasteiger partial charge on any atom is -0.478 e. The zero-order valence-corrected chi connectivity index (χ0v) is 16.0. The fraction of sp³-hybridized carbons (Fsp3) is 0.400. The second-order valence-corrected chi connectivity index (χ2v) is 7.56. The topological polar surface area (TPSA) is 80.0 Å². The van der Waals surface area contributed by atoms with Crippen LogP contribution in [0.4, 0.5) is 0 Å². The minimum absolute atomic E-state index is 0.0202. The van der Waals surface area contributed by atoms with Crippen molar-refractivity contribution in [3.63, 3.8) is 0 Å². The van der Waals surface area contributed by atoms with E-state index in [0.29, 0.717) is 23.0 Å². The van der Waals surface area contributed by atoms with Gasteiger partial charge in [-0.05, 0) is 37.0 Å². The molecule has 0 spiro atoms. The summed E-state index contributed by atoms with van der Waals surface area (Å²) < 4.78 is 10.5. The maximum Gasteiger partial charge on any atom is 0.339 e. The maximum atomic E-state index is 13.0. The van der Waals surface area contributed by atoms with Gasteiger partial charge in [0.1, 0.15) is 11.3 Å². The number of carboxylic acids is 1. The Labute approximate surface area is 162 Å². The van der Waals surface area contributed by atoms with Gasteiger partial charge in [0.05, 0.1) is 17.6 Å². The van der Waals surface area contributed by atoms with Gasteiger partial charge in [-0.15, -0.1) is 11.8 Å². The van der Waals surface area contributed by atoms with E-state index in [4.69, 9.17) is 9.15 Å². The highest BCUT2D eigenvalue weighted by Gasteiger charge is 2.25. The smallest absolute Gasteiger partial charge is 0.339 e. The Bertz CT molecular complexity index is 795. The number of benzene rings is 1. The van der Waals surface area contributed by atoms with Crippen LogP contribution in [0.15, 0.2) is 45.9 Å². The predicted molar refractivity (Wildman–Crippen MR) is 102 cm³/mol. The molecule has 0 atom stereocenters. The van der Waals surface area contributed by atoms with E-state index >= 15 is 0 Å². The number of hydrogen-bond acceptors (Lipinski definition) is 5. The third kappa shape index (κ3) is 4.73. The summed E-state index contributed by atoms with van der Waals surface area (Å²) in [5, 5.41) is 9.19. The Kier molecular flexibility index (Phi) is 6.58. The van der Waals surface area contributed by atoms with Crippen LogP contribution in [0.5, 0.6) is 0 Å². The number of nitrogens with zero attached hydrogens (tertiary/aromatic N) is 1. The Morgan fingerprint density at radius 3 is 2.67 bits per heavy atom. The van der Waals surface area contributed by atoms with Crippen molar-refractivity contribution in [3.8, 4) is 0 Å². The number of likely N-dealkylation sites (tertiary alicyclic amines) is 1. The lowest BCUT2D eigenvalue weighted by molar-refractivity contribution is 0.0609. The number of aromatic carboxylic acids is 1. The van der Waals surface area contributed by atoms with Gasteiger partial charge in [-0.3, -0.25) is 4.79 Å². The summed E-state index contributed by atoms with van der Waals surface area (Å²) in [6.45, 7) is 2.20. The van der Waals surface area contributed by atoms with Crippen molar-refractivity contribution >= 4 is 23.6 Å². The number of ether oxygens (including phenoxy) is 1. The SMILES string of the molecule is COCC1CCN(C(=O)c2ccccc2SCc2occc2C(=O)O)CC1. The van der Waals surface area contributed by atoms with Crippen molar-refractivity contribution in [1.29, 1.82) is 0 Å². The molecule has 7 heteroatoms. The van der Waals surface area contributed by atoms with Crippen LogP contribution >= 0.6 is 11.8 Å². The van der Waals surface area contributed by atoms with Crippen molar-refractivity contribution in [2.24, 2.45) is 5.92 Å². The average Bonchev–Trinajstić information content (AvgIpc) is 3.16. The molecule has 0 unspecified atom stereocenters. The third-order valence-electron chi connectivity index (χ3n) is 4.76. The number of methoxy groups -OCH3 is 1.